The fraction of sp³-hybridized carbons (Fsp3) is 0.500. The minimum atomic E-state index is -7.95. The maximum absolute atomic E-state index is 13.6. The quantitative estimate of drug-likeness (QED) is 0.307. The monoisotopic (exact) mass is 519 g/mol. The summed E-state index contributed by atoms with van der Waals surface area (Å²) < 4.78 is 191. The van der Waals surface area contributed by atoms with Gasteiger partial charge in [-0.3, -0.25) is 0 Å². The van der Waals surface area contributed by atoms with Crippen molar-refractivity contribution >= 4 is 20.1 Å². The second-order valence-corrected chi connectivity index (χ2v) is 8.84. The van der Waals surface area contributed by atoms with Gasteiger partial charge in [0.15, 0.2) is 0 Å². The average molecular weight is 519 g/mol. The Morgan fingerprint density at radius 1 is 0.710 bits per heavy atom. The maximum atomic E-state index is 13.6. The number of hydrogen-bond acceptors (Lipinski definition) is 5. The van der Waals surface area contributed by atoms with E-state index in [1.165, 1.54) is 6.07 Å². The highest BCUT2D eigenvalue weighted by atomic mass is 32.2. The molecule has 0 aromatic heterocycles. The van der Waals surface area contributed by atoms with E-state index in [1.54, 1.807) is 0 Å². The smallest absolute Gasteiger partial charge is 0.250 e. The minimum absolute atomic E-state index is 0.275. The van der Waals surface area contributed by atoms with Crippen LogP contribution in [0.1, 0.15) is 0 Å². The topological polar surface area (TPSA) is 89.5 Å². The van der Waals surface area contributed by atoms with Gasteiger partial charge in [0, 0.05) is 0 Å². The van der Waals surface area contributed by atoms with Crippen molar-refractivity contribution in [2.24, 2.45) is 0 Å². The zero-order valence-corrected chi connectivity index (χ0v) is 15.7. The third-order valence-electron chi connectivity index (χ3n) is 3.34. The number of halogens is 11. The van der Waals surface area contributed by atoms with Crippen LogP contribution in [0.2, 0.25) is 0 Å². The molecule has 0 radical (unpaired) electrons. The fourth-order valence-corrected chi connectivity index (χ4v) is 3.43. The van der Waals surface area contributed by atoms with E-state index in [4.69, 9.17) is 0 Å². The summed E-state index contributed by atoms with van der Waals surface area (Å²) in [4.78, 5) is -0.706. The van der Waals surface area contributed by atoms with E-state index < -0.39 is 61.0 Å². The molecule has 31 heavy (non-hydrogen) atoms. The largest absolute Gasteiger partial charge is 0.460 e. The van der Waals surface area contributed by atoms with Gasteiger partial charge in [0.2, 0.25) is 0 Å². The lowest BCUT2D eigenvalue weighted by molar-refractivity contribution is -0.413. The molecule has 1 N–H and O–H groups in total. The first-order chi connectivity index (χ1) is 13.6. The van der Waals surface area contributed by atoms with Gasteiger partial charge in [-0.1, -0.05) is 18.2 Å². The molecule has 6 nitrogen and oxygen atoms in total. The van der Waals surface area contributed by atoms with Gasteiger partial charge in [0.05, 0.1) is 4.90 Å². The summed E-state index contributed by atoms with van der Waals surface area (Å²) in [5.41, 5.74) is 0. The summed E-state index contributed by atoms with van der Waals surface area (Å²) in [6.07, 6.45) is -7.47. The molecule has 180 valence electrons. The summed E-state index contributed by atoms with van der Waals surface area (Å²) in [6.45, 7) is -2.13. The normalized spacial score (nSPS) is 15.2. The number of sulfonamides is 1. The molecule has 1 rings (SSSR count). The number of nitrogens with one attached hydrogen (secondary N) is 1. The predicted molar refractivity (Wildman–Crippen MR) is 77.5 cm³/mol. The lowest BCUT2D eigenvalue weighted by Gasteiger charge is -2.36. The lowest BCUT2D eigenvalue weighted by Crippen LogP contribution is -2.69. The van der Waals surface area contributed by atoms with Gasteiger partial charge in [-0.2, -0.15) is 61.4 Å². The fourth-order valence-electron chi connectivity index (χ4n) is 1.65. The minimum Gasteiger partial charge on any atom is -0.250 e. The lowest BCUT2D eigenvalue weighted by atomic mass is 10.0. The highest BCUT2D eigenvalue weighted by Crippen LogP contribution is 2.58. The molecule has 0 saturated carbocycles. The Labute approximate surface area is 166 Å². The molecule has 1 aromatic rings. The second-order valence-electron chi connectivity index (χ2n) is 5.41. The Kier molecular flexibility index (Phi) is 7.04. The SMILES string of the molecule is O=S(=O)(OCNS(=O)(=O)C(F)(F)C(F)(F)C(F)(F)C(F)(F)C(F)(F)F)c1ccccc1. The highest BCUT2D eigenvalue weighted by Gasteiger charge is 2.89. The van der Waals surface area contributed by atoms with Crippen LogP contribution < -0.4 is 4.72 Å². The van der Waals surface area contributed by atoms with Crippen molar-refractivity contribution in [3.63, 3.8) is 0 Å². The maximum Gasteiger partial charge on any atom is 0.460 e. The summed E-state index contributed by atoms with van der Waals surface area (Å²) in [5.74, 6) is -23.6. The number of hydrogen-bond donors (Lipinski definition) is 1. The van der Waals surface area contributed by atoms with Gasteiger partial charge in [-0.15, -0.1) is 0 Å². The van der Waals surface area contributed by atoms with Crippen LogP contribution in [0, 0.1) is 0 Å². The van der Waals surface area contributed by atoms with Crippen molar-refractivity contribution in [1.29, 1.82) is 0 Å². The van der Waals surface area contributed by atoms with Gasteiger partial charge in [0.25, 0.3) is 20.1 Å². The van der Waals surface area contributed by atoms with Crippen molar-refractivity contribution in [3.8, 4) is 0 Å². The first-order valence-corrected chi connectivity index (χ1v) is 9.97. The molecule has 19 heteroatoms. The number of alkyl halides is 11. The van der Waals surface area contributed by atoms with Crippen molar-refractivity contribution in [2.75, 3.05) is 6.73 Å². The Bertz CT molecular complexity index is 992. The highest BCUT2D eigenvalue weighted by molar-refractivity contribution is 7.90. The second kappa shape index (κ2) is 8.00. The molecular weight excluding hydrogens is 511 g/mol. The predicted octanol–water partition coefficient (Wildman–Crippen LogP) is 3.33. The van der Waals surface area contributed by atoms with E-state index in [9.17, 15) is 65.1 Å². The molecule has 0 heterocycles. The van der Waals surface area contributed by atoms with E-state index >= 15 is 0 Å². The zero-order valence-electron chi connectivity index (χ0n) is 14.1. The van der Waals surface area contributed by atoms with E-state index in [-0.39, 0.29) is 4.72 Å². The molecule has 0 amide bonds. The van der Waals surface area contributed by atoms with Gasteiger partial charge >= 0.3 is 29.2 Å². The van der Waals surface area contributed by atoms with Crippen LogP contribution in [0.15, 0.2) is 35.2 Å². The van der Waals surface area contributed by atoms with Gasteiger partial charge in [0.1, 0.15) is 6.73 Å². The molecule has 0 bridgehead atoms. The molecule has 0 spiro atoms. The van der Waals surface area contributed by atoms with Crippen LogP contribution in [-0.2, 0) is 24.3 Å². The van der Waals surface area contributed by atoms with Gasteiger partial charge < -0.3 is 0 Å². The Balaban J connectivity index is 3.18. The molecule has 0 unspecified atom stereocenters. The van der Waals surface area contributed by atoms with Gasteiger partial charge in [-0.25, -0.2) is 12.6 Å². The summed E-state index contributed by atoms with van der Waals surface area (Å²) in [7, 11) is -12.1. The molecule has 0 atom stereocenters. The first kappa shape index (κ1) is 27.3. The zero-order chi connectivity index (χ0) is 24.7. The molecule has 0 aliphatic carbocycles. The summed E-state index contributed by atoms with van der Waals surface area (Å²) in [6, 6.07) is 5.19. The van der Waals surface area contributed by atoms with Gasteiger partial charge in [-0.05, 0) is 12.1 Å². The molecule has 0 saturated heterocycles. The first-order valence-electron chi connectivity index (χ1n) is 7.08. The Morgan fingerprint density at radius 3 is 1.58 bits per heavy atom. The standard InChI is InChI=1S/C12H8F11NO5S2/c13-8(14,9(15,16)11(19,20)21)10(17,18)12(22,23)31(27,28)24-6-29-30(25,26)7-4-2-1-3-5-7/h1-5,24H,6H2. The van der Waals surface area contributed by atoms with Crippen molar-refractivity contribution in [2.45, 2.75) is 34.1 Å². The third kappa shape index (κ3) is 4.58. The molecule has 0 fully saturated rings. The van der Waals surface area contributed by atoms with E-state index in [0.29, 0.717) is 0 Å². The third-order valence-corrected chi connectivity index (χ3v) is 6.05. The Hall–Kier alpha value is -1.73. The summed E-state index contributed by atoms with van der Waals surface area (Å²) >= 11 is 0. The van der Waals surface area contributed by atoms with Crippen LogP contribution in [-0.4, -0.2) is 52.8 Å². The van der Waals surface area contributed by atoms with Crippen LogP contribution in [0.4, 0.5) is 48.3 Å². The van der Waals surface area contributed by atoms with Crippen molar-refractivity contribution < 1.29 is 69.3 Å². The van der Waals surface area contributed by atoms with Crippen LogP contribution in [0.25, 0.3) is 0 Å². The molecule has 1 aromatic carbocycles. The summed E-state index contributed by atoms with van der Waals surface area (Å²) in [5, 5.41) is -7.29. The van der Waals surface area contributed by atoms with Crippen LogP contribution >= 0.6 is 0 Å². The number of rotatable bonds is 9. The van der Waals surface area contributed by atoms with Crippen molar-refractivity contribution in [3.05, 3.63) is 30.3 Å². The average Bonchev–Trinajstić information content (AvgIpc) is 2.60. The van der Waals surface area contributed by atoms with Crippen LogP contribution in [0.5, 0.6) is 0 Å². The van der Waals surface area contributed by atoms with Crippen LogP contribution in [0.3, 0.4) is 0 Å². The van der Waals surface area contributed by atoms with E-state index in [0.717, 1.165) is 24.3 Å². The molecule has 0 aliphatic rings. The molecule has 0 aliphatic heterocycles. The number of benzene rings is 1. The van der Waals surface area contributed by atoms with E-state index in [2.05, 4.69) is 4.18 Å². The van der Waals surface area contributed by atoms with Crippen molar-refractivity contribution in [1.82, 2.24) is 4.72 Å². The molecular formula is C12H8F11NO5S2. The van der Waals surface area contributed by atoms with E-state index in [1.807, 2.05) is 0 Å². The Morgan fingerprint density at radius 2 is 1.16 bits per heavy atom.